The predicted molar refractivity (Wildman–Crippen MR) is 81.2 cm³/mol. The summed E-state index contributed by atoms with van der Waals surface area (Å²) in [6.07, 6.45) is 0.910. The van der Waals surface area contributed by atoms with Gasteiger partial charge in [0.15, 0.2) is 0 Å². The molecular formula is C16H26N2O. The topological polar surface area (TPSA) is 55.1 Å². The Balaban J connectivity index is 2.87. The van der Waals surface area contributed by atoms with Gasteiger partial charge in [-0.3, -0.25) is 4.79 Å². The minimum atomic E-state index is -0.244. The highest BCUT2D eigenvalue weighted by atomic mass is 16.1. The Kier molecular flexibility index (Phi) is 4.28. The first-order valence-electron chi connectivity index (χ1n) is 6.69. The maximum atomic E-state index is 12.4. The molecule has 1 rings (SSSR count). The molecule has 19 heavy (non-hydrogen) atoms. The Hall–Kier alpha value is -1.51. The normalized spacial score (nSPS) is 12.3. The highest BCUT2D eigenvalue weighted by Gasteiger charge is 2.27. The van der Waals surface area contributed by atoms with Gasteiger partial charge in [-0.2, -0.15) is 0 Å². The summed E-state index contributed by atoms with van der Waals surface area (Å²) in [4.78, 5) is 12.4. The van der Waals surface area contributed by atoms with Crippen molar-refractivity contribution in [3.8, 4) is 0 Å². The van der Waals surface area contributed by atoms with Gasteiger partial charge in [-0.1, -0.05) is 26.8 Å². The van der Waals surface area contributed by atoms with Crippen LogP contribution >= 0.6 is 0 Å². The number of aryl methyl sites for hydroxylation is 1. The third-order valence-corrected chi connectivity index (χ3v) is 2.93. The molecule has 0 saturated carbocycles. The van der Waals surface area contributed by atoms with Gasteiger partial charge in [-0.05, 0) is 50.3 Å². The number of hydrogen-bond acceptors (Lipinski definition) is 2. The molecular weight excluding hydrogens is 236 g/mol. The molecule has 0 heterocycles. The average Bonchev–Trinajstić information content (AvgIpc) is 2.16. The van der Waals surface area contributed by atoms with Crippen LogP contribution in [0, 0.1) is 12.3 Å². The van der Waals surface area contributed by atoms with Crippen LogP contribution in [0.4, 0.5) is 5.69 Å². The fraction of sp³-hybridized carbons (Fsp3) is 0.562. The summed E-state index contributed by atoms with van der Waals surface area (Å²) in [5, 5.41) is 3.10. The number of rotatable bonds is 3. The Labute approximate surface area is 116 Å². The predicted octanol–water partition coefficient (Wildman–Crippen LogP) is 3.52. The monoisotopic (exact) mass is 262 g/mol. The first-order chi connectivity index (χ1) is 8.50. The maximum absolute atomic E-state index is 12.4. The van der Waals surface area contributed by atoms with E-state index in [0.29, 0.717) is 11.3 Å². The number of carbonyl (C=O) groups excluding carboxylic acids is 1. The summed E-state index contributed by atoms with van der Waals surface area (Å²) in [6.45, 7) is 12.5. The summed E-state index contributed by atoms with van der Waals surface area (Å²) < 4.78 is 0. The van der Waals surface area contributed by atoms with Gasteiger partial charge >= 0.3 is 0 Å². The van der Waals surface area contributed by atoms with Crippen LogP contribution in [-0.4, -0.2) is 11.4 Å². The summed E-state index contributed by atoms with van der Waals surface area (Å²) in [5.74, 6) is -0.0564. The molecule has 1 aromatic carbocycles. The number of nitrogens with one attached hydrogen (secondary N) is 1. The molecule has 0 aliphatic carbocycles. The number of amides is 1. The van der Waals surface area contributed by atoms with E-state index in [1.807, 2.05) is 19.1 Å². The molecule has 0 unspecified atom stereocenters. The molecule has 0 aliphatic rings. The third kappa shape index (κ3) is 4.93. The first kappa shape index (κ1) is 15.5. The summed E-state index contributed by atoms with van der Waals surface area (Å²) in [7, 11) is 0. The Morgan fingerprint density at radius 3 is 2.32 bits per heavy atom. The van der Waals surface area contributed by atoms with Gasteiger partial charge in [0, 0.05) is 16.8 Å². The quantitative estimate of drug-likeness (QED) is 0.819. The van der Waals surface area contributed by atoms with E-state index < -0.39 is 0 Å². The molecule has 3 N–H and O–H groups in total. The van der Waals surface area contributed by atoms with Crippen molar-refractivity contribution in [1.29, 1.82) is 0 Å². The maximum Gasteiger partial charge on any atom is 0.252 e. The minimum absolute atomic E-state index is 0.0564. The molecule has 0 atom stereocenters. The van der Waals surface area contributed by atoms with Crippen LogP contribution in [0.15, 0.2) is 18.2 Å². The van der Waals surface area contributed by atoms with E-state index in [2.05, 4.69) is 39.9 Å². The van der Waals surface area contributed by atoms with Crippen molar-refractivity contribution in [2.45, 2.75) is 53.5 Å². The summed E-state index contributed by atoms with van der Waals surface area (Å²) in [5.41, 5.74) is 7.89. The summed E-state index contributed by atoms with van der Waals surface area (Å²) >= 11 is 0. The molecule has 106 valence electrons. The lowest BCUT2D eigenvalue weighted by Gasteiger charge is -2.33. The van der Waals surface area contributed by atoms with Gasteiger partial charge in [-0.25, -0.2) is 0 Å². The van der Waals surface area contributed by atoms with Crippen LogP contribution in [0.2, 0.25) is 0 Å². The van der Waals surface area contributed by atoms with E-state index in [4.69, 9.17) is 5.73 Å². The standard InChI is InChI=1S/C16H26N2O/c1-11-7-8-12(17)9-13(11)14(19)18-16(5,6)10-15(2,3)4/h7-9H,10,17H2,1-6H3,(H,18,19). The van der Waals surface area contributed by atoms with E-state index in [1.54, 1.807) is 6.07 Å². The third-order valence-electron chi connectivity index (χ3n) is 2.93. The Bertz CT molecular complexity index is 470. The molecule has 0 bridgehead atoms. The zero-order valence-electron chi connectivity index (χ0n) is 12.9. The largest absolute Gasteiger partial charge is 0.399 e. The molecule has 3 heteroatoms. The van der Waals surface area contributed by atoms with Crippen molar-refractivity contribution in [3.05, 3.63) is 29.3 Å². The number of benzene rings is 1. The van der Waals surface area contributed by atoms with Crippen molar-refractivity contribution >= 4 is 11.6 Å². The van der Waals surface area contributed by atoms with Crippen molar-refractivity contribution in [2.75, 3.05) is 5.73 Å². The van der Waals surface area contributed by atoms with Crippen molar-refractivity contribution in [3.63, 3.8) is 0 Å². The van der Waals surface area contributed by atoms with Crippen LogP contribution in [0.5, 0.6) is 0 Å². The van der Waals surface area contributed by atoms with E-state index in [9.17, 15) is 4.79 Å². The van der Waals surface area contributed by atoms with E-state index in [1.165, 1.54) is 0 Å². The molecule has 0 fully saturated rings. The first-order valence-corrected chi connectivity index (χ1v) is 6.69. The molecule has 0 spiro atoms. The van der Waals surface area contributed by atoms with Crippen LogP contribution in [0.3, 0.4) is 0 Å². The highest BCUT2D eigenvalue weighted by Crippen LogP contribution is 2.27. The van der Waals surface area contributed by atoms with Crippen LogP contribution in [0.25, 0.3) is 0 Å². The van der Waals surface area contributed by atoms with E-state index in [0.717, 1.165) is 12.0 Å². The second-order valence-electron chi connectivity index (χ2n) is 7.15. The number of hydrogen-bond donors (Lipinski definition) is 2. The molecule has 1 amide bonds. The lowest BCUT2D eigenvalue weighted by atomic mass is 9.81. The fourth-order valence-corrected chi connectivity index (χ4v) is 2.63. The van der Waals surface area contributed by atoms with E-state index in [-0.39, 0.29) is 16.9 Å². The van der Waals surface area contributed by atoms with Gasteiger partial charge in [0.2, 0.25) is 0 Å². The molecule has 0 saturated heterocycles. The average molecular weight is 262 g/mol. The minimum Gasteiger partial charge on any atom is -0.399 e. The number of carbonyl (C=O) groups is 1. The lowest BCUT2D eigenvalue weighted by Crippen LogP contribution is -2.46. The lowest BCUT2D eigenvalue weighted by molar-refractivity contribution is 0.0891. The Morgan fingerprint density at radius 2 is 1.79 bits per heavy atom. The smallest absolute Gasteiger partial charge is 0.252 e. The second kappa shape index (κ2) is 5.24. The van der Waals surface area contributed by atoms with Crippen molar-refractivity contribution in [2.24, 2.45) is 5.41 Å². The van der Waals surface area contributed by atoms with Gasteiger partial charge in [-0.15, -0.1) is 0 Å². The molecule has 0 aliphatic heterocycles. The zero-order valence-corrected chi connectivity index (χ0v) is 12.9. The number of nitrogens with two attached hydrogens (primary N) is 1. The molecule has 1 aromatic rings. The second-order valence-corrected chi connectivity index (χ2v) is 7.15. The van der Waals surface area contributed by atoms with Crippen LogP contribution in [0.1, 0.15) is 57.0 Å². The van der Waals surface area contributed by atoms with Crippen LogP contribution < -0.4 is 11.1 Å². The SMILES string of the molecule is Cc1ccc(N)cc1C(=O)NC(C)(C)CC(C)(C)C. The van der Waals surface area contributed by atoms with Gasteiger partial charge in [0.05, 0.1) is 0 Å². The molecule has 0 radical (unpaired) electrons. The zero-order chi connectivity index (χ0) is 14.8. The number of nitrogen functional groups attached to an aromatic ring is 1. The molecule has 0 aromatic heterocycles. The van der Waals surface area contributed by atoms with Crippen LogP contribution in [-0.2, 0) is 0 Å². The van der Waals surface area contributed by atoms with Gasteiger partial charge < -0.3 is 11.1 Å². The van der Waals surface area contributed by atoms with E-state index >= 15 is 0 Å². The fourth-order valence-electron chi connectivity index (χ4n) is 2.63. The summed E-state index contributed by atoms with van der Waals surface area (Å²) in [6, 6.07) is 5.42. The van der Waals surface area contributed by atoms with Gasteiger partial charge in [0.1, 0.15) is 0 Å². The van der Waals surface area contributed by atoms with Crippen molar-refractivity contribution < 1.29 is 4.79 Å². The molecule has 3 nitrogen and oxygen atoms in total. The van der Waals surface area contributed by atoms with Gasteiger partial charge in [0.25, 0.3) is 5.91 Å². The highest BCUT2D eigenvalue weighted by molar-refractivity contribution is 5.96. The Morgan fingerprint density at radius 1 is 1.21 bits per heavy atom. The number of anilines is 1. The van der Waals surface area contributed by atoms with Crippen molar-refractivity contribution in [1.82, 2.24) is 5.32 Å².